The largest absolute Gasteiger partial charge is 0.363 e. The van der Waals surface area contributed by atoms with Gasteiger partial charge in [0.15, 0.2) is 0 Å². The van der Waals surface area contributed by atoms with Crippen molar-refractivity contribution in [3.8, 4) is 0 Å². The van der Waals surface area contributed by atoms with Crippen LogP contribution < -0.4 is 5.32 Å². The summed E-state index contributed by atoms with van der Waals surface area (Å²) in [5.74, 6) is 1.04. The van der Waals surface area contributed by atoms with Crippen molar-refractivity contribution in [1.82, 2.24) is 20.0 Å². The smallest absolute Gasteiger partial charge is 0.0948 e. The highest BCUT2D eigenvalue weighted by atomic mass is 15.4. The molecule has 1 saturated heterocycles. The zero-order chi connectivity index (χ0) is 9.00. The third-order valence-corrected chi connectivity index (χ3v) is 2.94. The second kappa shape index (κ2) is 2.07. The van der Waals surface area contributed by atoms with Gasteiger partial charge < -0.3 is 10.2 Å². The van der Waals surface area contributed by atoms with Crippen LogP contribution in [0.3, 0.4) is 0 Å². The number of hydrogen-bond acceptors (Lipinski definition) is 3. The van der Waals surface area contributed by atoms with E-state index in [-0.39, 0.29) is 0 Å². The van der Waals surface area contributed by atoms with Gasteiger partial charge in [0.25, 0.3) is 0 Å². The molecule has 68 valence electrons. The van der Waals surface area contributed by atoms with Gasteiger partial charge in [-0.2, -0.15) is 5.10 Å². The van der Waals surface area contributed by atoms with Crippen molar-refractivity contribution in [3.63, 3.8) is 0 Å². The summed E-state index contributed by atoms with van der Waals surface area (Å²) in [7, 11) is 1.99. The Kier molecular flexibility index (Phi) is 1.12. The molecule has 0 radical (unpaired) electrons. The summed E-state index contributed by atoms with van der Waals surface area (Å²) in [6.45, 7) is 5.95. The molecule has 0 aromatic carbocycles. The molecule has 1 unspecified atom stereocenters. The first-order valence-corrected chi connectivity index (χ1v) is 4.47. The maximum absolute atomic E-state index is 4.26. The van der Waals surface area contributed by atoms with E-state index in [1.54, 1.807) is 0 Å². The lowest BCUT2D eigenvalue weighted by Crippen LogP contribution is -2.25. The molecule has 1 atom stereocenters. The molecular formula is C9H12N4. The van der Waals surface area contributed by atoms with Gasteiger partial charge in [-0.25, -0.2) is 0 Å². The highest BCUT2D eigenvalue weighted by Gasteiger charge is 2.34. The van der Waals surface area contributed by atoms with Gasteiger partial charge >= 0.3 is 0 Å². The van der Waals surface area contributed by atoms with Crippen molar-refractivity contribution < 1.29 is 0 Å². The van der Waals surface area contributed by atoms with E-state index in [9.17, 15) is 0 Å². The van der Waals surface area contributed by atoms with Crippen LogP contribution in [-0.2, 0) is 13.6 Å². The van der Waals surface area contributed by atoms with Crippen LogP contribution in [0.4, 0.5) is 0 Å². The molecule has 2 aliphatic heterocycles. The fourth-order valence-corrected chi connectivity index (χ4v) is 2.15. The van der Waals surface area contributed by atoms with Gasteiger partial charge in [-0.05, 0) is 0 Å². The Morgan fingerprint density at radius 1 is 1.69 bits per heavy atom. The summed E-state index contributed by atoms with van der Waals surface area (Å²) in [5, 5.41) is 7.63. The minimum Gasteiger partial charge on any atom is -0.363 e. The summed E-state index contributed by atoms with van der Waals surface area (Å²) in [6, 6.07) is 0.407. The first-order valence-electron chi connectivity index (χ1n) is 4.47. The summed E-state index contributed by atoms with van der Waals surface area (Å²) >= 11 is 0. The number of aromatic nitrogens is 2. The highest BCUT2D eigenvalue weighted by molar-refractivity contribution is 5.30. The third kappa shape index (κ3) is 0.775. The molecule has 0 spiro atoms. The van der Waals surface area contributed by atoms with Crippen LogP contribution in [0.5, 0.6) is 0 Å². The maximum atomic E-state index is 4.26. The van der Waals surface area contributed by atoms with Gasteiger partial charge in [0.05, 0.1) is 30.3 Å². The molecular weight excluding hydrogens is 164 g/mol. The van der Waals surface area contributed by atoms with E-state index in [0.29, 0.717) is 6.04 Å². The van der Waals surface area contributed by atoms with E-state index in [1.165, 1.54) is 11.3 Å². The Balaban J connectivity index is 2.13. The minimum absolute atomic E-state index is 0.407. The van der Waals surface area contributed by atoms with E-state index < -0.39 is 0 Å². The quantitative estimate of drug-likeness (QED) is 0.619. The van der Waals surface area contributed by atoms with E-state index in [4.69, 9.17) is 0 Å². The van der Waals surface area contributed by atoms with Gasteiger partial charge in [0, 0.05) is 19.2 Å². The SMILES string of the molecule is C=C1NC2CN1Cc1c2cnn1C. The van der Waals surface area contributed by atoms with Crippen molar-refractivity contribution in [2.75, 3.05) is 6.54 Å². The van der Waals surface area contributed by atoms with E-state index in [0.717, 1.165) is 18.9 Å². The van der Waals surface area contributed by atoms with Gasteiger partial charge in [0.1, 0.15) is 0 Å². The molecule has 0 amide bonds. The zero-order valence-electron chi connectivity index (χ0n) is 7.62. The highest BCUT2D eigenvalue weighted by Crippen LogP contribution is 2.32. The molecule has 0 aliphatic carbocycles. The number of nitrogens with one attached hydrogen (secondary N) is 1. The van der Waals surface area contributed by atoms with Crippen LogP contribution in [0.2, 0.25) is 0 Å². The first-order chi connectivity index (χ1) is 6.25. The molecule has 1 aromatic heterocycles. The average Bonchev–Trinajstić information content (AvgIpc) is 2.60. The van der Waals surface area contributed by atoms with Crippen LogP contribution in [0.15, 0.2) is 18.6 Å². The summed E-state index contributed by atoms with van der Waals surface area (Å²) in [5.41, 5.74) is 2.64. The Bertz CT molecular complexity index is 379. The summed E-state index contributed by atoms with van der Waals surface area (Å²) in [6.07, 6.45) is 1.96. The fraction of sp³-hybridized carbons (Fsp3) is 0.444. The third-order valence-electron chi connectivity index (χ3n) is 2.94. The molecule has 13 heavy (non-hydrogen) atoms. The molecule has 1 N–H and O–H groups in total. The Morgan fingerprint density at radius 3 is 3.38 bits per heavy atom. The lowest BCUT2D eigenvalue weighted by Gasteiger charge is -2.22. The van der Waals surface area contributed by atoms with Gasteiger partial charge in [-0.1, -0.05) is 6.58 Å². The van der Waals surface area contributed by atoms with E-state index >= 15 is 0 Å². The molecule has 4 nitrogen and oxygen atoms in total. The molecule has 0 saturated carbocycles. The van der Waals surface area contributed by atoms with Crippen molar-refractivity contribution >= 4 is 0 Å². The maximum Gasteiger partial charge on any atom is 0.0948 e. The Morgan fingerprint density at radius 2 is 2.54 bits per heavy atom. The minimum atomic E-state index is 0.407. The van der Waals surface area contributed by atoms with Crippen LogP contribution in [0, 0.1) is 0 Å². The summed E-state index contributed by atoms with van der Waals surface area (Å²) in [4.78, 5) is 2.26. The first kappa shape index (κ1) is 7.00. The van der Waals surface area contributed by atoms with Crippen LogP contribution in [0.1, 0.15) is 17.3 Å². The second-order valence-corrected chi connectivity index (χ2v) is 3.69. The van der Waals surface area contributed by atoms with Gasteiger partial charge in [-0.15, -0.1) is 0 Å². The predicted octanol–water partition coefficient (Wildman–Crippen LogP) is 0.351. The average molecular weight is 176 g/mol. The Labute approximate surface area is 76.8 Å². The standard InChI is InChI=1S/C9H12N4/c1-6-11-8-4-13(6)5-9-7(8)3-10-12(9)2/h3,8,11H,1,4-5H2,2H3. The lowest BCUT2D eigenvalue weighted by molar-refractivity contribution is 0.347. The van der Waals surface area contributed by atoms with Crippen molar-refractivity contribution in [2.24, 2.45) is 7.05 Å². The molecule has 3 rings (SSSR count). The number of hydrogen-bond donors (Lipinski definition) is 1. The molecule has 2 aliphatic rings. The number of aryl methyl sites for hydroxylation is 1. The van der Waals surface area contributed by atoms with E-state index in [1.807, 2.05) is 17.9 Å². The van der Waals surface area contributed by atoms with Crippen LogP contribution >= 0.6 is 0 Å². The molecule has 1 fully saturated rings. The van der Waals surface area contributed by atoms with Crippen LogP contribution in [0.25, 0.3) is 0 Å². The van der Waals surface area contributed by atoms with E-state index in [2.05, 4.69) is 21.9 Å². The second-order valence-electron chi connectivity index (χ2n) is 3.69. The molecule has 4 heteroatoms. The zero-order valence-corrected chi connectivity index (χ0v) is 7.62. The fourth-order valence-electron chi connectivity index (χ4n) is 2.15. The monoisotopic (exact) mass is 176 g/mol. The summed E-state index contributed by atoms with van der Waals surface area (Å²) < 4.78 is 1.95. The van der Waals surface area contributed by atoms with Crippen molar-refractivity contribution in [3.05, 3.63) is 29.9 Å². The Hall–Kier alpha value is -1.45. The number of nitrogens with zero attached hydrogens (tertiary/aromatic N) is 3. The van der Waals surface area contributed by atoms with Crippen LogP contribution in [-0.4, -0.2) is 21.2 Å². The number of rotatable bonds is 0. The molecule has 1 aromatic rings. The predicted molar refractivity (Wildman–Crippen MR) is 48.6 cm³/mol. The molecule has 2 bridgehead atoms. The van der Waals surface area contributed by atoms with Gasteiger partial charge in [-0.3, -0.25) is 4.68 Å². The number of fused-ring (bicyclic) bond motifs is 4. The van der Waals surface area contributed by atoms with Crippen molar-refractivity contribution in [2.45, 2.75) is 12.6 Å². The van der Waals surface area contributed by atoms with Gasteiger partial charge in [0.2, 0.25) is 0 Å². The molecule has 3 heterocycles. The lowest BCUT2D eigenvalue weighted by atomic mass is 10.1. The topological polar surface area (TPSA) is 33.1 Å². The van der Waals surface area contributed by atoms with Crippen molar-refractivity contribution in [1.29, 1.82) is 0 Å². The normalized spacial score (nSPS) is 24.5.